The Hall–Kier alpha value is -1.15. The van der Waals surface area contributed by atoms with Gasteiger partial charge in [-0.3, -0.25) is 0 Å². The fraction of sp³-hybridized carbons (Fsp3) is 0.333. The molecule has 1 aromatic heterocycles. The van der Waals surface area contributed by atoms with E-state index in [-0.39, 0.29) is 11.4 Å². The molecule has 8 heteroatoms. The lowest BCUT2D eigenvalue weighted by atomic mass is 10.1. The van der Waals surface area contributed by atoms with Crippen LogP contribution in [-0.2, 0) is 9.84 Å². The highest BCUT2D eigenvalue weighted by Crippen LogP contribution is 2.32. The largest absolute Gasteiger partial charge is 0.341 e. The average molecular weight is 365 g/mol. The van der Waals surface area contributed by atoms with Gasteiger partial charge in [0.05, 0.1) is 11.2 Å². The molecule has 0 spiro atoms. The molecule has 0 aliphatic rings. The van der Waals surface area contributed by atoms with Crippen molar-refractivity contribution in [3.8, 4) is 0 Å². The van der Waals surface area contributed by atoms with Crippen LogP contribution in [0.3, 0.4) is 0 Å². The van der Waals surface area contributed by atoms with Gasteiger partial charge in [0.25, 0.3) is 0 Å². The third kappa shape index (κ3) is 2.54. The summed E-state index contributed by atoms with van der Waals surface area (Å²) in [6, 6.07) is 2.77. The molecule has 0 aliphatic carbocycles. The van der Waals surface area contributed by atoms with Crippen LogP contribution in [-0.4, -0.2) is 24.1 Å². The second kappa shape index (κ2) is 5.33. The monoisotopic (exact) mass is 364 g/mol. The number of hydrogen-bond donors (Lipinski definition) is 0. The van der Waals surface area contributed by atoms with E-state index in [1.165, 1.54) is 6.33 Å². The molecule has 2 rings (SSSR count). The Morgan fingerprint density at radius 1 is 1.20 bits per heavy atom. The molecular weight excluding hydrogens is 354 g/mol. The van der Waals surface area contributed by atoms with E-state index in [4.69, 9.17) is 0 Å². The smallest absolute Gasteiger partial charge is 0.240 e. The Morgan fingerprint density at radius 2 is 1.85 bits per heavy atom. The minimum absolute atomic E-state index is 0.0110. The molecule has 0 N–H and O–H groups in total. The van der Waals surface area contributed by atoms with Crippen molar-refractivity contribution in [2.45, 2.75) is 30.4 Å². The van der Waals surface area contributed by atoms with E-state index in [1.807, 2.05) is 13.8 Å². The molecule has 0 unspecified atom stereocenters. The van der Waals surface area contributed by atoms with Crippen LogP contribution in [0.4, 0.5) is 8.78 Å². The van der Waals surface area contributed by atoms with E-state index in [2.05, 4.69) is 25.9 Å². The van der Waals surface area contributed by atoms with Crippen molar-refractivity contribution in [1.29, 1.82) is 0 Å². The number of hydrogen-bond acceptors (Lipinski definition) is 4. The standard InChI is InChI=1S/C12H11BrF2N2O2S/c1-6(2)10-8-3-7(13)4-9(11(8)17-5-16-10)20(18,19)12(14)15/h3-6,12H,1-2H3. The Bertz CT molecular complexity index is 763. The quantitative estimate of drug-likeness (QED) is 0.835. The van der Waals surface area contributed by atoms with Gasteiger partial charge in [0, 0.05) is 9.86 Å². The van der Waals surface area contributed by atoms with Gasteiger partial charge in [-0.2, -0.15) is 8.78 Å². The van der Waals surface area contributed by atoms with Crippen LogP contribution in [0.1, 0.15) is 25.5 Å². The molecule has 1 heterocycles. The fourth-order valence-corrected chi connectivity index (χ4v) is 3.42. The van der Waals surface area contributed by atoms with Gasteiger partial charge >= 0.3 is 5.76 Å². The van der Waals surface area contributed by atoms with Gasteiger partial charge in [-0.25, -0.2) is 18.4 Å². The zero-order chi connectivity index (χ0) is 15.1. The van der Waals surface area contributed by atoms with Crippen LogP contribution in [0.15, 0.2) is 27.8 Å². The lowest BCUT2D eigenvalue weighted by Crippen LogP contribution is -2.13. The molecule has 0 amide bonds. The van der Waals surface area contributed by atoms with E-state index >= 15 is 0 Å². The summed E-state index contributed by atoms with van der Waals surface area (Å²) < 4.78 is 49.4. The first-order valence-electron chi connectivity index (χ1n) is 5.71. The zero-order valence-electron chi connectivity index (χ0n) is 10.6. The first-order chi connectivity index (χ1) is 9.25. The third-order valence-corrected chi connectivity index (χ3v) is 4.64. The number of nitrogens with zero attached hydrogens (tertiary/aromatic N) is 2. The summed E-state index contributed by atoms with van der Waals surface area (Å²) in [5.41, 5.74) is 0.634. The molecule has 2 aromatic rings. The fourth-order valence-electron chi connectivity index (χ4n) is 1.89. The summed E-state index contributed by atoms with van der Waals surface area (Å²) in [4.78, 5) is 7.49. The highest BCUT2D eigenvalue weighted by molar-refractivity contribution is 9.10. The molecule has 0 saturated carbocycles. The van der Waals surface area contributed by atoms with Crippen molar-refractivity contribution in [2.75, 3.05) is 0 Å². The van der Waals surface area contributed by atoms with Gasteiger partial charge in [0.15, 0.2) is 0 Å². The van der Waals surface area contributed by atoms with Gasteiger partial charge in [-0.15, -0.1) is 0 Å². The number of fused-ring (bicyclic) bond motifs is 1. The first-order valence-corrected chi connectivity index (χ1v) is 8.05. The summed E-state index contributed by atoms with van der Waals surface area (Å²) in [6.07, 6.45) is 1.19. The van der Waals surface area contributed by atoms with E-state index < -0.39 is 20.5 Å². The minimum Gasteiger partial charge on any atom is -0.240 e. The average Bonchev–Trinajstić information content (AvgIpc) is 2.36. The maximum Gasteiger partial charge on any atom is 0.341 e. The molecule has 0 radical (unpaired) electrons. The molecule has 0 bridgehead atoms. The van der Waals surface area contributed by atoms with Gasteiger partial charge < -0.3 is 0 Å². The van der Waals surface area contributed by atoms with Gasteiger partial charge in [-0.05, 0) is 18.1 Å². The van der Waals surface area contributed by atoms with Gasteiger partial charge in [-0.1, -0.05) is 29.8 Å². The number of sulfone groups is 1. The second-order valence-corrected chi connectivity index (χ2v) is 7.32. The Kier molecular flexibility index (Phi) is 4.06. The normalized spacial score (nSPS) is 12.6. The van der Waals surface area contributed by atoms with Gasteiger partial charge in [0.1, 0.15) is 11.2 Å². The lowest BCUT2D eigenvalue weighted by molar-refractivity contribution is 0.235. The van der Waals surface area contributed by atoms with Crippen molar-refractivity contribution >= 4 is 36.7 Å². The predicted octanol–water partition coefficient (Wildman–Crippen LogP) is 3.51. The zero-order valence-corrected chi connectivity index (χ0v) is 13.0. The molecule has 0 fully saturated rings. The number of rotatable bonds is 3. The van der Waals surface area contributed by atoms with Crippen molar-refractivity contribution in [3.63, 3.8) is 0 Å². The van der Waals surface area contributed by atoms with E-state index in [0.29, 0.717) is 15.6 Å². The third-order valence-electron chi connectivity index (χ3n) is 2.79. The van der Waals surface area contributed by atoms with Crippen molar-refractivity contribution in [1.82, 2.24) is 9.97 Å². The van der Waals surface area contributed by atoms with Crippen LogP contribution in [0, 0.1) is 0 Å². The summed E-state index contributed by atoms with van der Waals surface area (Å²) in [6.45, 7) is 3.76. The highest BCUT2D eigenvalue weighted by atomic mass is 79.9. The molecule has 4 nitrogen and oxygen atoms in total. The molecule has 0 atom stereocenters. The molecule has 0 aliphatic heterocycles. The lowest BCUT2D eigenvalue weighted by Gasteiger charge is -2.12. The maximum absolute atomic E-state index is 12.8. The summed E-state index contributed by atoms with van der Waals surface area (Å²) >= 11 is 3.14. The van der Waals surface area contributed by atoms with E-state index in [1.54, 1.807) is 6.07 Å². The van der Waals surface area contributed by atoms with Crippen molar-refractivity contribution in [2.24, 2.45) is 0 Å². The van der Waals surface area contributed by atoms with Crippen LogP contribution < -0.4 is 0 Å². The number of benzene rings is 1. The SMILES string of the molecule is CC(C)c1ncnc2c(S(=O)(=O)C(F)F)cc(Br)cc12. The summed E-state index contributed by atoms with van der Waals surface area (Å²) in [7, 11) is -4.72. The van der Waals surface area contributed by atoms with Crippen LogP contribution in [0.2, 0.25) is 0 Å². The second-order valence-electron chi connectivity index (χ2n) is 4.52. The minimum atomic E-state index is -4.72. The van der Waals surface area contributed by atoms with Crippen LogP contribution in [0.5, 0.6) is 0 Å². The molecule has 108 valence electrons. The van der Waals surface area contributed by atoms with Gasteiger partial charge in [0.2, 0.25) is 9.84 Å². The molecule has 1 aromatic carbocycles. The molecular formula is C12H11BrF2N2O2S. The first kappa shape index (κ1) is 15.2. The Labute approximate surface area is 123 Å². The summed E-state index contributed by atoms with van der Waals surface area (Å²) in [5.74, 6) is -3.48. The number of aromatic nitrogens is 2. The van der Waals surface area contributed by atoms with Crippen molar-refractivity contribution in [3.05, 3.63) is 28.6 Å². The van der Waals surface area contributed by atoms with Crippen molar-refractivity contribution < 1.29 is 17.2 Å². The Balaban J connectivity index is 2.91. The number of alkyl halides is 2. The Morgan fingerprint density at radius 3 is 2.40 bits per heavy atom. The molecule has 20 heavy (non-hydrogen) atoms. The molecule has 0 saturated heterocycles. The van der Waals surface area contributed by atoms with Crippen LogP contribution in [0.25, 0.3) is 10.9 Å². The van der Waals surface area contributed by atoms with E-state index in [9.17, 15) is 17.2 Å². The highest BCUT2D eigenvalue weighted by Gasteiger charge is 2.30. The van der Waals surface area contributed by atoms with Crippen LogP contribution >= 0.6 is 15.9 Å². The summed E-state index contributed by atoms with van der Waals surface area (Å²) in [5, 5.41) is 0.455. The topological polar surface area (TPSA) is 59.9 Å². The number of halogens is 3. The maximum atomic E-state index is 12.8. The van der Waals surface area contributed by atoms with E-state index in [0.717, 1.165) is 6.07 Å². The predicted molar refractivity (Wildman–Crippen MR) is 74.5 cm³/mol.